The molecule has 0 saturated carbocycles. The van der Waals surface area contributed by atoms with Crippen molar-refractivity contribution in [3.05, 3.63) is 54.4 Å². The predicted octanol–water partition coefficient (Wildman–Crippen LogP) is 2.02. The average Bonchev–Trinajstić information content (AvgIpc) is 2.48. The van der Waals surface area contributed by atoms with Gasteiger partial charge in [-0.25, -0.2) is 5.43 Å². The molecule has 6 nitrogen and oxygen atoms in total. The van der Waals surface area contributed by atoms with E-state index in [1.807, 2.05) is 30.3 Å². The number of anilines is 1. The summed E-state index contributed by atoms with van der Waals surface area (Å²) in [7, 11) is 1.77. The molecule has 2 rings (SSSR count). The van der Waals surface area contributed by atoms with Crippen LogP contribution in [0.1, 0.15) is 5.69 Å². The SMILES string of the molecule is C[n+]1cc(O)ccc1/C=N/NC(=O)SNc1ccccc1. The number of amides is 1. The number of aromatic hydroxyl groups is 1. The van der Waals surface area contributed by atoms with Crippen molar-refractivity contribution in [1.82, 2.24) is 5.43 Å². The van der Waals surface area contributed by atoms with Gasteiger partial charge in [0, 0.05) is 23.7 Å². The molecular weight excluding hydrogens is 288 g/mol. The van der Waals surface area contributed by atoms with Gasteiger partial charge in [0.05, 0.1) is 0 Å². The minimum absolute atomic E-state index is 0.168. The Morgan fingerprint density at radius 1 is 1.29 bits per heavy atom. The van der Waals surface area contributed by atoms with Crippen molar-refractivity contribution in [1.29, 1.82) is 0 Å². The van der Waals surface area contributed by atoms with E-state index in [4.69, 9.17) is 0 Å². The van der Waals surface area contributed by atoms with Gasteiger partial charge in [0.2, 0.25) is 11.9 Å². The van der Waals surface area contributed by atoms with Crippen LogP contribution in [0.15, 0.2) is 53.8 Å². The number of pyridine rings is 1. The summed E-state index contributed by atoms with van der Waals surface area (Å²) in [5.41, 5.74) is 3.98. The van der Waals surface area contributed by atoms with Gasteiger partial charge in [-0.1, -0.05) is 18.2 Å². The summed E-state index contributed by atoms with van der Waals surface area (Å²) in [6.07, 6.45) is 3.05. The van der Waals surface area contributed by atoms with E-state index >= 15 is 0 Å². The van der Waals surface area contributed by atoms with Crippen LogP contribution in [0.25, 0.3) is 0 Å². The van der Waals surface area contributed by atoms with E-state index in [0.717, 1.165) is 23.3 Å². The minimum Gasteiger partial charge on any atom is -0.503 e. The first-order chi connectivity index (χ1) is 10.1. The Hall–Kier alpha value is -2.54. The molecule has 1 amide bonds. The zero-order valence-corrected chi connectivity index (χ0v) is 12.2. The predicted molar refractivity (Wildman–Crippen MR) is 83.1 cm³/mol. The van der Waals surface area contributed by atoms with Crippen LogP contribution in [-0.2, 0) is 7.05 Å². The quantitative estimate of drug-likeness (QED) is 0.349. The molecule has 0 aliphatic heterocycles. The fraction of sp³-hybridized carbons (Fsp3) is 0.0714. The highest BCUT2D eigenvalue weighted by atomic mass is 32.2. The topological polar surface area (TPSA) is 77.6 Å². The third kappa shape index (κ3) is 4.81. The summed E-state index contributed by atoms with van der Waals surface area (Å²) in [4.78, 5) is 11.6. The summed E-state index contributed by atoms with van der Waals surface area (Å²) in [6.45, 7) is 0. The Morgan fingerprint density at radius 2 is 2.05 bits per heavy atom. The molecule has 0 fully saturated rings. The van der Waals surface area contributed by atoms with Gasteiger partial charge >= 0.3 is 5.24 Å². The molecule has 7 heteroatoms. The second-order valence-corrected chi connectivity index (χ2v) is 4.93. The second kappa shape index (κ2) is 7.30. The van der Waals surface area contributed by atoms with Crippen LogP contribution >= 0.6 is 11.9 Å². The largest absolute Gasteiger partial charge is 0.503 e. The average molecular weight is 303 g/mol. The fourth-order valence-electron chi connectivity index (χ4n) is 1.52. The zero-order chi connectivity index (χ0) is 15.1. The van der Waals surface area contributed by atoms with Crippen LogP contribution in [0.4, 0.5) is 10.5 Å². The van der Waals surface area contributed by atoms with Gasteiger partial charge in [-0.3, -0.25) is 4.79 Å². The maximum absolute atomic E-state index is 11.6. The first-order valence-electron chi connectivity index (χ1n) is 6.15. The number of aryl methyl sites for hydroxylation is 1. The molecule has 0 saturated heterocycles. The van der Waals surface area contributed by atoms with Gasteiger partial charge in [0.15, 0.2) is 5.75 Å². The molecule has 0 spiro atoms. The maximum Gasteiger partial charge on any atom is 0.319 e. The normalized spacial score (nSPS) is 10.5. The van der Waals surface area contributed by atoms with Crippen molar-refractivity contribution >= 4 is 29.1 Å². The number of nitrogens with one attached hydrogen (secondary N) is 2. The number of hydrogen-bond acceptors (Lipinski definition) is 5. The van der Waals surface area contributed by atoms with E-state index in [9.17, 15) is 9.90 Å². The smallest absolute Gasteiger partial charge is 0.319 e. The van der Waals surface area contributed by atoms with Gasteiger partial charge in [0.25, 0.3) is 0 Å². The molecule has 108 valence electrons. The maximum atomic E-state index is 11.6. The molecule has 0 unspecified atom stereocenters. The number of benzene rings is 1. The molecule has 1 heterocycles. The Morgan fingerprint density at radius 3 is 2.76 bits per heavy atom. The number of hydrazone groups is 1. The molecule has 0 atom stereocenters. The molecule has 0 aliphatic carbocycles. The van der Waals surface area contributed by atoms with Crippen molar-refractivity contribution in [2.45, 2.75) is 0 Å². The van der Waals surface area contributed by atoms with Crippen LogP contribution in [0.5, 0.6) is 5.75 Å². The van der Waals surface area contributed by atoms with Crippen LogP contribution in [-0.4, -0.2) is 16.6 Å². The number of hydrogen-bond donors (Lipinski definition) is 3. The first kappa shape index (κ1) is 14.9. The lowest BCUT2D eigenvalue weighted by molar-refractivity contribution is -0.672. The summed E-state index contributed by atoms with van der Waals surface area (Å²) < 4.78 is 4.60. The van der Waals surface area contributed by atoms with E-state index in [1.54, 1.807) is 29.9 Å². The van der Waals surface area contributed by atoms with Crippen molar-refractivity contribution in [2.75, 3.05) is 4.72 Å². The number of carbonyl (C=O) groups is 1. The monoisotopic (exact) mass is 303 g/mol. The van der Waals surface area contributed by atoms with Gasteiger partial charge in [-0.05, 0) is 18.2 Å². The standard InChI is InChI=1S/C14H14N4O2S/c1-18-10-13(19)8-7-12(18)9-15-16-14(20)21-17-11-5-3-2-4-6-11/h2-10,17,19H,1H3/p+1. The lowest BCUT2D eigenvalue weighted by Gasteiger charge is -2.02. The zero-order valence-electron chi connectivity index (χ0n) is 11.4. The Balaban J connectivity index is 1.82. The highest BCUT2D eigenvalue weighted by Gasteiger charge is 2.05. The van der Waals surface area contributed by atoms with E-state index in [-0.39, 0.29) is 11.0 Å². The summed E-state index contributed by atoms with van der Waals surface area (Å²) in [5, 5.41) is 12.8. The highest BCUT2D eigenvalue weighted by Crippen LogP contribution is 2.11. The van der Waals surface area contributed by atoms with Gasteiger partial charge < -0.3 is 9.83 Å². The minimum atomic E-state index is -0.323. The number of aromatic nitrogens is 1. The van der Waals surface area contributed by atoms with E-state index in [1.165, 1.54) is 6.21 Å². The van der Waals surface area contributed by atoms with Gasteiger partial charge in [0.1, 0.15) is 13.3 Å². The van der Waals surface area contributed by atoms with Crippen LogP contribution < -0.4 is 14.7 Å². The number of carbonyl (C=O) groups excluding carboxylic acids is 1. The summed E-state index contributed by atoms with van der Waals surface area (Å²) in [5.74, 6) is 0.168. The Bertz CT molecular complexity index is 647. The third-order valence-corrected chi connectivity index (χ3v) is 3.16. The molecule has 0 bridgehead atoms. The van der Waals surface area contributed by atoms with E-state index in [2.05, 4.69) is 15.2 Å². The van der Waals surface area contributed by atoms with Gasteiger partial charge in [-0.2, -0.15) is 9.67 Å². The molecule has 1 aromatic carbocycles. The van der Waals surface area contributed by atoms with Crippen molar-refractivity contribution in [3.8, 4) is 5.75 Å². The van der Waals surface area contributed by atoms with Gasteiger partial charge in [-0.15, -0.1) is 0 Å². The number of rotatable bonds is 4. The molecule has 0 radical (unpaired) electrons. The first-order valence-corrected chi connectivity index (χ1v) is 6.96. The molecule has 21 heavy (non-hydrogen) atoms. The Kier molecular flexibility index (Phi) is 5.16. The fourth-order valence-corrected chi connectivity index (χ4v) is 1.97. The van der Waals surface area contributed by atoms with E-state index < -0.39 is 0 Å². The number of nitrogens with zero attached hydrogens (tertiary/aromatic N) is 2. The van der Waals surface area contributed by atoms with Crippen molar-refractivity contribution in [2.24, 2.45) is 12.1 Å². The summed E-state index contributed by atoms with van der Waals surface area (Å²) >= 11 is 0.911. The second-order valence-electron chi connectivity index (χ2n) is 4.15. The Labute approximate surface area is 126 Å². The van der Waals surface area contributed by atoms with Crippen LogP contribution in [0, 0.1) is 0 Å². The molecule has 2 aromatic rings. The van der Waals surface area contributed by atoms with Crippen LogP contribution in [0.2, 0.25) is 0 Å². The lowest BCUT2D eigenvalue weighted by Crippen LogP contribution is -2.33. The van der Waals surface area contributed by atoms with Crippen LogP contribution in [0.3, 0.4) is 0 Å². The molecule has 0 aliphatic rings. The molecular formula is C14H15N4O2S+. The van der Waals surface area contributed by atoms with Crippen molar-refractivity contribution in [3.63, 3.8) is 0 Å². The third-order valence-electron chi connectivity index (χ3n) is 2.55. The lowest BCUT2D eigenvalue weighted by atomic mass is 10.3. The highest BCUT2D eigenvalue weighted by molar-refractivity contribution is 8.14. The molecule has 1 aromatic heterocycles. The summed E-state index contributed by atoms with van der Waals surface area (Å²) in [6, 6.07) is 12.6. The molecule has 3 N–H and O–H groups in total. The van der Waals surface area contributed by atoms with Crippen molar-refractivity contribution < 1.29 is 14.5 Å². The number of para-hydroxylation sites is 1. The van der Waals surface area contributed by atoms with E-state index in [0.29, 0.717) is 0 Å².